The van der Waals surface area contributed by atoms with Crippen molar-refractivity contribution in [3.05, 3.63) is 53.8 Å². The van der Waals surface area contributed by atoms with Crippen LogP contribution in [0.15, 0.2) is 46.9 Å². The second-order valence-corrected chi connectivity index (χ2v) is 5.99. The van der Waals surface area contributed by atoms with Gasteiger partial charge in [0, 0.05) is 30.2 Å². The average Bonchev–Trinajstić information content (AvgIpc) is 3.08. The van der Waals surface area contributed by atoms with Gasteiger partial charge in [-0.1, -0.05) is 18.2 Å². The number of hydrogen-bond acceptors (Lipinski definition) is 4. The molecule has 3 aromatic rings. The normalized spacial score (nSPS) is 11.2. The highest BCUT2D eigenvalue weighted by Crippen LogP contribution is 2.34. The maximum Gasteiger partial charge on any atom is 0.164 e. The Morgan fingerprint density at radius 1 is 0.885 bits per heavy atom. The van der Waals surface area contributed by atoms with E-state index in [0.29, 0.717) is 11.5 Å². The molecule has 26 heavy (non-hydrogen) atoms. The van der Waals surface area contributed by atoms with Crippen molar-refractivity contribution < 1.29 is 13.9 Å². The second-order valence-electron chi connectivity index (χ2n) is 5.99. The Kier molecular flexibility index (Phi) is 5.52. The third-order valence-electron chi connectivity index (χ3n) is 4.50. The SMILES string of the molecule is CCN(CC)c1ccc(/C=C/c2cc3cc(OC)c(OC)cc3o2)cc1. The summed E-state index contributed by atoms with van der Waals surface area (Å²) in [5.74, 6) is 2.16. The van der Waals surface area contributed by atoms with E-state index in [1.807, 2.05) is 24.3 Å². The fourth-order valence-corrected chi connectivity index (χ4v) is 3.03. The molecule has 0 radical (unpaired) electrons. The molecule has 0 saturated carbocycles. The summed E-state index contributed by atoms with van der Waals surface area (Å²) in [4.78, 5) is 2.33. The number of ether oxygens (including phenoxy) is 2. The summed E-state index contributed by atoms with van der Waals surface area (Å²) in [5.41, 5.74) is 3.16. The fraction of sp³-hybridized carbons (Fsp3) is 0.273. The van der Waals surface area contributed by atoms with Gasteiger partial charge in [-0.25, -0.2) is 0 Å². The Labute approximate surface area is 154 Å². The van der Waals surface area contributed by atoms with Crippen molar-refractivity contribution in [1.82, 2.24) is 0 Å². The minimum absolute atomic E-state index is 0.664. The van der Waals surface area contributed by atoms with E-state index in [-0.39, 0.29) is 0 Å². The molecule has 136 valence electrons. The highest BCUT2D eigenvalue weighted by atomic mass is 16.5. The number of furan rings is 1. The van der Waals surface area contributed by atoms with Gasteiger partial charge in [-0.05, 0) is 49.8 Å². The Balaban J connectivity index is 1.82. The number of nitrogens with zero attached hydrogens (tertiary/aromatic N) is 1. The molecule has 1 aromatic heterocycles. The molecule has 0 aliphatic carbocycles. The van der Waals surface area contributed by atoms with Gasteiger partial charge >= 0.3 is 0 Å². The molecule has 1 heterocycles. The molecule has 0 aliphatic rings. The summed E-state index contributed by atoms with van der Waals surface area (Å²) in [7, 11) is 3.25. The van der Waals surface area contributed by atoms with Gasteiger partial charge in [0.1, 0.15) is 11.3 Å². The number of methoxy groups -OCH3 is 2. The predicted octanol–water partition coefficient (Wildman–Crippen LogP) is 5.47. The summed E-state index contributed by atoms with van der Waals surface area (Å²) < 4.78 is 16.6. The van der Waals surface area contributed by atoms with Crippen LogP contribution in [0.25, 0.3) is 23.1 Å². The maximum atomic E-state index is 5.90. The van der Waals surface area contributed by atoms with Crippen molar-refractivity contribution in [1.29, 1.82) is 0 Å². The van der Waals surface area contributed by atoms with Gasteiger partial charge in [-0.15, -0.1) is 0 Å². The molecule has 0 bridgehead atoms. The first-order valence-corrected chi connectivity index (χ1v) is 8.87. The van der Waals surface area contributed by atoms with Crippen molar-refractivity contribution in [2.24, 2.45) is 0 Å². The molecule has 4 heteroatoms. The van der Waals surface area contributed by atoms with Crippen LogP contribution in [0.4, 0.5) is 5.69 Å². The molecule has 0 atom stereocenters. The quantitative estimate of drug-likeness (QED) is 0.565. The summed E-state index contributed by atoms with van der Waals surface area (Å²) >= 11 is 0. The van der Waals surface area contributed by atoms with Gasteiger partial charge < -0.3 is 18.8 Å². The molecule has 0 amide bonds. The molecular formula is C22H25NO3. The lowest BCUT2D eigenvalue weighted by Crippen LogP contribution is -2.21. The predicted molar refractivity (Wildman–Crippen MR) is 108 cm³/mol. The standard InChI is InChI=1S/C22H25NO3/c1-5-23(6-2)18-10-7-16(8-11-18)9-12-19-13-17-14-21(24-3)22(25-4)15-20(17)26-19/h7-15H,5-6H2,1-4H3/b12-9+. The van der Waals surface area contributed by atoms with Crippen LogP contribution >= 0.6 is 0 Å². The molecular weight excluding hydrogens is 326 g/mol. The van der Waals surface area contributed by atoms with Gasteiger partial charge in [-0.3, -0.25) is 0 Å². The zero-order chi connectivity index (χ0) is 18.5. The van der Waals surface area contributed by atoms with Gasteiger partial charge in [0.2, 0.25) is 0 Å². The smallest absolute Gasteiger partial charge is 0.164 e. The van der Waals surface area contributed by atoms with E-state index in [2.05, 4.69) is 49.1 Å². The Bertz CT molecular complexity index is 849. The van der Waals surface area contributed by atoms with E-state index >= 15 is 0 Å². The second kappa shape index (κ2) is 8.00. The molecule has 0 spiro atoms. The molecule has 2 aromatic carbocycles. The van der Waals surface area contributed by atoms with Crippen LogP contribution in [-0.4, -0.2) is 27.3 Å². The first-order valence-electron chi connectivity index (χ1n) is 8.87. The summed E-state index contributed by atoms with van der Waals surface area (Å²) in [6.45, 7) is 6.36. The van der Waals surface area contributed by atoms with Crippen molar-refractivity contribution in [3.8, 4) is 11.5 Å². The monoisotopic (exact) mass is 351 g/mol. The Hall–Kier alpha value is -2.88. The first-order chi connectivity index (χ1) is 12.7. The van der Waals surface area contributed by atoms with Crippen LogP contribution in [0, 0.1) is 0 Å². The molecule has 0 N–H and O–H groups in total. The maximum absolute atomic E-state index is 5.90. The van der Waals surface area contributed by atoms with E-state index in [9.17, 15) is 0 Å². The van der Waals surface area contributed by atoms with Crippen LogP contribution in [0.5, 0.6) is 11.5 Å². The van der Waals surface area contributed by atoms with Crippen LogP contribution in [0.2, 0.25) is 0 Å². The van der Waals surface area contributed by atoms with Crippen LogP contribution in [0.1, 0.15) is 25.2 Å². The Morgan fingerprint density at radius 2 is 1.54 bits per heavy atom. The van der Waals surface area contributed by atoms with Crippen molar-refractivity contribution in [3.63, 3.8) is 0 Å². The highest BCUT2D eigenvalue weighted by molar-refractivity contribution is 5.85. The lowest BCUT2D eigenvalue weighted by Gasteiger charge is -2.20. The molecule has 0 unspecified atom stereocenters. The number of hydrogen-bond donors (Lipinski definition) is 0. The number of benzene rings is 2. The van der Waals surface area contributed by atoms with Crippen LogP contribution in [-0.2, 0) is 0 Å². The fourth-order valence-electron chi connectivity index (χ4n) is 3.03. The summed E-state index contributed by atoms with van der Waals surface area (Å²) in [6, 6.07) is 14.3. The largest absolute Gasteiger partial charge is 0.493 e. The van der Waals surface area contributed by atoms with E-state index in [0.717, 1.165) is 35.4 Å². The van der Waals surface area contributed by atoms with Crippen molar-refractivity contribution in [2.45, 2.75) is 13.8 Å². The minimum Gasteiger partial charge on any atom is -0.493 e. The van der Waals surface area contributed by atoms with E-state index < -0.39 is 0 Å². The first kappa shape index (κ1) is 17.9. The molecule has 0 fully saturated rings. The number of fused-ring (bicyclic) bond motifs is 1. The summed E-state index contributed by atoms with van der Waals surface area (Å²) in [5, 5.41) is 0.985. The number of rotatable bonds is 7. The highest BCUT2D eigenvalue weighted by Gasteiger charge is 2.09. The van der Waals surface area contributed by atoms with E-state index in [1.165, 1.54) is 5.69 Å². The third-order valence-corrected chi connectivity index (χ3v) is 4.50. The van der Waals surface area contributed by atoms with Gasteiger partial charge in [0.25, 0.3) is 0 Å². The zero-order valence-electron chi connectivity index (χ0n) is 15.8. The van der Waals surface area contributed by atoms with Gasteiger partial charge in [-0.2, -0.15) is 0 Å². The lowest BCUT2D eigenvalue weighted by atomic mass is 10.1. The molecule has 4 nitrogen and oxygen atoms in total. The molecule has 0 saturated heterocycles. The molecule has 0 aliphatic heterocycles. The van der Waals surface area contributed by atoms with Gasteiger partial charge in [0.15, 0.2) is 11.5 Å². The summed E-state index contributed by atoms with van der Waals surface area (Å²) in [6.07, 6.45) is 4.03. The Morgan fingerprint density at radius 3 is 2.15 bits per heavy atom. The van der Waals surface area contributed by atoms with Crippen molar-refractivity contribution >= 4 is 28.8 Å². The number of anilines is 1. The minimum atomic E-state index is 0.664. The lowest BCUT2D eigenvalue weighted by molar-refractivity contribution is 0.355. The average molecular weight is 351 g/mol. The molecule has 3 rings (SSSR count). The van der Waals surface area contributed by atoms with E-state index in [4.69, 9.17) is 13.9 Å². The van der Waals surface area contributed by atoms with Gasteiger partial charge in [0.05, 0.1) is 14.2 Å². The van der Waals surface area contributed by atoms with Crippen LogP contribution in [0.3, 0.4) is 0 Å². The zero-order valence-corrected chi connectivity index (χ0v) is 15.8. The van der Waals surface area contributed by atoms with Crippen LogP contribution < -0.4 is 14.4 Å². The third kappa shape index (κ3) is 3.69. The van der Waals surface area contributed by atoms with Crippen molar-refractivity contribution in [2.75, 3.05) is 32.2 Å². The van der Waals surface area contributed by atoms with E-state index in [1.54, 1.807) is 14.2 Å². The topological polar surface area (TPSA) is 34.8 Å².